The first-order chi connectivity index (χ1) is 17.4. The van der Waals surface area contributed by atoms with Crippen molar-refractivity contribution in [3.8, 4) is 0 Å². The van der Waals surface area contributed by atoms with E-state index in [4.69, 9.17) is 27.2 Å². The summed E-state index contributed by atoms with van der Waals surface area (Å²) in [5.41, 5.74) is 0. The number of carbonyl (C=O) groups excluding carboxylic acids is 3. The van der Waals surface area contributed by atoms with Gasteiger partial charge in [0.1, 0.15) is 24.9 Å². The fourth-order valence-electron chi connectivity index (χ4n) is 3.94. The summed E-state index contributed by atoms with van der Waals surface area (Å²) in [5, 5.41) is 2.99. The summed E-state index contributed by atoms with van der Waals surface area (Å²) in [6.45, 7) is 26.7. The van der Waals surface area contributed by atoms with Crippen LogP contribution in [0, 0.1) is 0 Å². The van der Waals surface area contributed by atoms with E-state index in [1.165, 1.54) is 13.8 Å². The van der Waals surface area contributed by atoms with Crippen molar-refractivity contribution in [3.05, 3.63) is 11.8 Å². The molecule has 1 amide bonds. The van der Waals surface area contributed by atoms with E-state index < -0.39 is 75.7 Å². The molecule has 0 saturated heterocycles. The van der Waals surface area contributed by atoms with E-state index in [0.717, 1.165) is 0 Å². The number of nitrogens with one attached hydrogen (secondary N) is 1. The molecule has 1 heterocycles. The van der Waals surface area contributed by atoms with Crippen LogP contribution in [0.1, 0.15) is 13.8 Å². The van der Waals surface area contributed by atoms with Crippen LogP contribution in [-0.2, 0) is 41.6 Å². The van der Waals surface area contributed by atoms with E-state index in [-0.39, 0.29) is 18.3 Å². The molecule has 1 aliphatic rings. The van der Waals surface area contributed by atoms with E-state index in [1.807, 2.05) is 78.6 Å². The number of hydrogen-bond acceptors (Lipinski definition) is 9. The Labute approximate surface area is 239 Å². The Kier molecular flexibility index (Phi) is 12.4. The summed E-state index contributed by atoms with van der Waals surface area (Å²) in [7, 11) is -8.91. The standard InChI is InChI=1S/C25H51NO9Si4/c1-17(27)26-22-19(32-36(3,4)5)15-20(25(29)35-39(12,13)14)31-24(22)23(34-38(9,10)11)21(16-30-18(2)28)33-37(6,7)8/h15,19,21-24H,16H2,1-14H3,(H,26,27). The highest BCUT2D eigenvalue weighted by atomic mass is 28.4. The minimum Gasteiger partial charge on any atom is -0.514 e. The van der Waals surface area contributed by atoms with Gasteiger partial charge >= 0.3 is 11.9 Å². The first-order valence-electron chi connectivity index (χ1n) is 13.4. The van der Waals surface area contributed by atoms with Gasteiger partial charge in [-0.05, 0) is 84.6 Å². The Morgan fingerprint density at radius 3 is 1.79 bits per heavy atom. The third kappa shape index (κ3) is 14.2. The van der Waals surface area contributed by atoms with Gasteiger partial charge in [0, 0.05) is 13.8 Å². The highest BCUT2D eigenvalue weighted by Gasteiger charge is 2.49. The van der Waals surface area contributed by atoms with Gasteiger partial charge in [-0.2, -0.15) is 0 Å². The van der Waals surface area contributed by atoms with E-state index in [2.05, 4.69) is 5.32 Å². The summed E-state index contributed by atoms with van der Waals surface area (Å²) in [5.74, 6) is -1.31. The molecule has 0 bridgehead atoms. The predicted octanol–water partition coefficient (Wildman–Crippen LogP) is 4.38. The zero-order valence-electron chi connectivity index (χ0n) is 26.3. The lowest BCUT2D eigenvalue weighted by Crippen LogP contribution is -2.64. The molecule has 0 aromatic carbocycles. The number of carbonyl (C=O) groups is 3. The Hall–Kier alpha value is -1.30. The Balaban J connectivity index is 3.80. The zero-order chi connectivity index (χ0) is 30.6. The average molecular weight is 622 g/mol. The first-order valence-corrected chi connectivity index (χ1v) is 27.1. The highest BCUT2D eigenvalue weighted by Crippen LogP contribution is 2.32. The van der Waals surface area contributed by atoms with Crippen molar-refractivity contribution in [2.24, 2.45) is 0 Å². The largest absolute Gasteiger partial charge is 0.514 e. The van der Waals surface area contributed by atoms with Crippen LogP contribution in [0.2, 0.25) is 78.6 Å². The monoisotopic (exact) mass is 621 g/mol. The van der Waals surface area contributed by atoms with Gasteiger partial charge in [0.2, 0.25) is 20.0 Å². The quantitative estimate of drug-likeness (QED) is 0.236. The topological polar surface area (TPSA) is 119 Å². The third-order valence-electron chi connectivity index (χ3n) is 4.88. The van der Waals surface area contributed by atoms with Gasteiger partial charge in [-0.3, -0.25) is 9.59 Å². The molecule has 39 heavy (non-hydrogen) atoms. The molecule has 0 saturated carbocycles. The lowest BCUT2D eigenvalue weighted by atomic mass is 9.93. The van der Waals surface area contributed by atoms with E-state index in [0.29, 0.717) is 0 Å². The number of hydrogen-bond donors (Lipinski definition) is 1. The van der Waals surface area contributed by atoms with E-state index in [9.17, 15) is 14.4 Å². The molecule has 0 aromatic rings. The molecule has 0 fully saturated rings. The average Bonchev–Trinajstić information content (AvgIpc) is 2.66. The summed E-state index contributed by atoms with van der Waals surface area (Å²) >= 11 is 0. The van der Waals surface area contributed by atoms with Gasteiger partial charge < -0.3 is 32.5 Å². The van der Waals surface area contributed by atoms with Crippen molar-refractivity contribution in [2.45, 2.75) is 123 Å². The van der Waals surface area contributed by atoms with Crippen LogP contribution in [-0.4, -0.2) is 88.2 Å². The van der Waals surface area contributed by atoms with E-state index in [1.54, 1.807) is 6.08 Å². The fourth-order valence-corrected chi connectivity index (χ4v) is 7.84. The van der Waals surface area contributed by atoms with Crippen molar-refractivity contribution in [3.63, 3.8) is 0 Å². The second-order valence-electron chi connectivity index (χ2n) is 13.8. The molecule has 1 N–H and O–H groups in total. The maximum absolute atomic E-state index is 13.3. The van der Waals surface area contributed by atoms with Gasteiger partial charge in [0.25, 0.3) is 0 Å². The molecule has 0 radical (unpaired) electrons. The molecule has 10 nitrogen and oxygen atoms in total. The number of ether oxygens (including phenoxy) is 2. The van der Waals surface area contributed by atoms with Crippen LogP contribution in [0.3, 0.4) is 0 Å². The lowest BCUT2D eigenvalue weighted by molar-refractivity contribution is -0.152. The lowest BCUT2D eigenvalue weighted by Gasteiger charge is -2.46. The van der Waals surface area contributed by atoms with Crippen LogP contribution in [0.25, 0.3) is 0 Å². The summed E-state index contributed by atoms with van der Waals surface area (Å²) in [6.07, 6.45) is -1.49. The minimum atomic E-state index is -2.28. The van der Waals surface area contributed by atoms with Crippen LogP contribution in [0.4, 0.5) is 0 Å². The summed E-state index contributed by atoms with van der Waals surface area (Å²) in [6, 6.07) is -0.705. The van der Waals surface area contributed by atoms with Crippen LogP contribution < -0.4 is 5.32 Å². The van der Waals surface area contributed by atoms with Gasteiger partial charge in [0.15, 0.2) is 25.0 Å². The first kappa shape index (κ1) is 35.7. The maximum Gasteiger partial charge on any atom is 0.360 e. The second kappa shape index (κ2) is 13.6. The van der Waals surface area contributed by atoms with Crippen LogP contribution in [0.15, 0.2) is 11.8 Å². The number of rotatable bonds is 13. The van der Waals surface area contributed by atoms with Crippen LogP contribution >= 0.6 is 0 Å². The van der Waals surface area contributed by atoms with Crippen molar-refractivity contribution in [1.29, 1.82) is 0 Å². The molecule has 5 atom stereocenters. The van der Waals surface area contributed by atoms with Gasteiger partial charge in [-0.25, -0.2) is 4.79 Å². The Morgan fingerprint density at radius 1 is 0.846 bits per heavy atom. The van der Waals surface area contributed by atoms with Crippen molar-refractivity contribution >= 4 is 51.1 Å². The number of amides is 1. The Bertz CT molecular complexity index is 901. The van der Waals surface area contributed by atoms with Crippen molar-refractivity contribution < 1.29 is 41.6 Å². The maximum atomic E-state index is 13.3. The number of esters is 1. The SMILES string of the molecule is CC(=O)NC1C(O[Si](C)(C)C)C=C(C(=O)O[Si](C)(C)C)OC1C(O[Si](C)(C)C)C(COC(C)=O)O[Si](C)(C)C. The second-order valence-corrected chi connectivity index (χ2v) is 31.6. The molecule has 0 aliphatic carbocycles. The zero-order valence-corrected chi connectivity index (χ0v) is 30.3. The van der Waals surface area contributed by atoms with Gasteiger partial charge in [0.05, 0.1) is 12.1 Å². The van der Waals surface area contributed by atoms with Crippen molar-refractivity contribution in [1.82, 2.24) is 5.32 Å². The molecule has 1 rings (SSSR count). The Morgan fingerprint density at radius 2 is 1.38 bits per heavy atom. The molecule has 5 unspecified atom stereocenters. The molecule has 0 aromatic heterocycles. The minimum absolute atomic E-state index is 0.00990. The third-order valence-corrected chi connectivity index (χ3v) is 8.65. The normalized spacial score (nSPS) is 22.2. The van der Waals surface area contributed by atoms with Gasteiger partial charge in [-0.15, -0.1) is 0 Å². The van der Waals surface area contributed by atoms with Crippen LogP contribution in [0.5, 0.6) is 0 Å². The van der Waals surface area contributed by atoms with E-state index >= 15 is 0 Å². The molecule has 1 aliphatic heterocycles. The highest BCUT2D eigenvalue weighted by molar-refractivity contribution is 6.71. The molecule has 226 valence electrons. The summed E-state index contributed by atoms with van der Waals surface area (Å²) in [4.78, 5) is 37.6. The predicted molar refractivity (Wildman–Crippen MR) is 161 cm³/mol. The smallest absolute Gasteiger partial charge is 0.360 e. The fraction of sp³-hybridized carbons (Fsp3) is 0.800. The molecular weight excluding hydrogens is 571 g/mol. The summed E-state index contributed by atoms with van der Waals surface area (Å²) < 4.78 is 37.3. The van der Waals surface area contributed by atoms with Gasteiger partial charge in [-0.1, -0.05) is 0 Å². The molecular formula is C25H51NO9Si4. The molecule has 0 spiro atoms. The van der Waals surface area contributed by atoms with Crippen molar-refractivity contribution in [2.75, 3.05) is 6.61 Å². The molecule has 14 heteroatoms.